The molecule has 1 aliphatic rings. The zero-order valence-electron chi connectivity index (χ0n) is 15.8. The van der Waals surface area contributed by atoms with Gasteiger partial charge in [-0.05, 0) is 32.8 Å². The molecule has 0 amide bonds. The van der Waals surface area contributed by atoms with Crippen molar-refractivity contribution in [2.75, 3.05) is 26.2 Å². The summed E-state index contributed by atoms with van der Waals surface area (Å²) < 4.78 is 27.5. The molecule has 1 aliphatic heterocycles. The van der Waals surface area contributed by atoms with E-state index in [1.807, 2.05) is 20.8 Å². The molecular formula is C19H25BrO6. The Bertz CT molecular complexity index is 698. The van der Waals surface area contributed by atoms with E-state index in [1.54, 1.807) is 7.11 Å². The van der Waals surface area contributed by atoms with Crippen LogP contribution in [0.5, 0.6) is 11.5 Å². The van der Waals surface area contributed by atoms with Crippen molar-refractivity contribution in [1.82, 2.24) is 0 Å². The number of methoxy groups -OCH3 is 2. The van der Waals surface area contributed by atoms with Crippen molar-refractivity contribution in [3.8, 4) is 11.5 Å². The molecule has 1 heterocycles. The van der Waals surface area contributed by atoms with Gasteiger partial charge in [0, 0.05) is 23.6 Å². The Labute approximate surface area is 162 Å². The minimum absolute atomic E-state index is 0.204. The molecule has 1 aromatic rings. The lowest BCUT2D eigenvalue weighted by molar-refractivity contribution is -0.231. The predicted octanol–water partition coefficient (Wildman–Crippen LogP) is 3.90. The summed E-state index contributed by atoms with van der Waals surface area (Å²) in [6.07, 6.45) is 2.61. The smallest absolute Gasteiger partial charge is 0.342 e. The van der Waals surface area contributed by atoms with Crippen LogP contribution in [0.1, 0.15) is 40.9 Å². The zero-order chi connectivity index (χ0) is 19.3. The molecule has 1 aromatic carbocycles. The molecule has 26 heavy (non-hydrogen) atoms. The first kappa shape index (κ1) is 20.7. The number of hydrogen-bond donors (Lipinski definition) is 0. The number of rotatable bonds is 9. The Kier molecular flexibility index (Phi) is 7.49. The molecule has 0 aromatic heterocycles. The van der Waals surface area contributed by atoms with Crippen LogP contribution in [0.15, 0.2) is 11.6 Å². The Morgan fingerprint density at radius 3 is 2.65 bits per heavy atom. The van der Waals surface area contributed by atoms with E-state index in [-0.39, 0.29) is 6.61 Å². The van der Waals surface area contributed by atoms with Crippen molar-refractivity contribution in [3.63, 3.8) is 0 Å². The number of esters is 1. The van der Waals surface area contributed by atoms with Gasteiger partial charge in [0.1, 0.15) is 23.7 Å². The number of allylic oxidation sites excluding steroid dienone is 2. The second-order valence-electron chi connectivity index (χ2n) is 5.88. The Hall–Kier alpha value is -1.57. The SMILES string of the molecule is CCOC(OC)Oc1c(C/C=C(\C)CBr)c(OC)c(C)c2c1C(=O)OC2. The van der Waals surface area contributed by atoms with Gasteiger partial charge in [0.2, 0.25) is 0 Å². The van der Waals surface area contributed by atoms with Gasteiger partial charge in [0.25, 0.3) is 0 Å². The maximum absolute atomic E-state index is 12.4. The van der Waals surface area contributed by atoms with E-state index >= 15 is 0 Å². The van der Waals surface area contributed by atoms with Gasteiger partial charge in [-0.1, -0.05) is 27.6 Å². The van der Waals surface area contributed by atoms with Gasteiger partial charge < -0.3 is 23.7 Å². The second-order valence-corrected chi connectivity index (χ2v) is 6.44. The summed E-state index contributed by atoms with van der Waals surface area (Å²) in [5.74, 6) is 0.667. The summed E-state index contributed by atoms with van der Waals surface area (Å²) in [7, 11) is 3.09. The topological polar surface area (TPSA) is 63.2 Å². The molecule has 1 atom stereocenters. The van der Waals surface area contributed by atoms with Crippen molar-refractivity contribution in [2.24, 2.45) is 0 Å². The third-order valence-corrected chi connectivity index (χ3v) is 5.09. The summed E-state index contributed by atoms with van der Waals surface area (Å²) in [6, 6.07) is 0. The number of cyclic esters (lactones) is 1. The van der Waals surface area contributed by atoms with Gasteiger partial charge >= 0.3 is 12.4 Å². The lowest BCUT2D eigenvalue weighted by Gasteiger charge is -2.23. The summed E-state index contributed by atoms with van der Waals surface area (Å²) >= 11 is 3.44. The molecule has 0 N–H and O–H groups in total. The van der Waals surface area contributed by atoms with Gasteiger partial charge in [0.15, 0.2) is 0 Å². The first-order valence-electron chi connectivity index (χ1n) is 8.40. The van der Waals surface area contributed by atoms with Crippen molar-refractivity contribution in [2.45, 2.75) is 40.3 Å². The van der Waals surface area contributed by atoms with E-state index in [2.05, 4.69) is 22.0 Å². The molecule has 6 nitrogen and oxygen atoms in total. The molecule has 0 saturated heterocycles. The van der Waals surface area contributed by atoms with E-state index in [1.165, 1.54) is 7.11 Å². The predicted molar refractivity (Wildman–Crippen MR) is 101 cm³/mol. The molecule has 2 rings (SSSR count). The number of hydrogen-bond acceptors (Lipinski definition) is 6. The maximum Gasteiger partial charge on any atom is 0.342 e. The zero-order valence-corrected chi connectivity index (χ0v) is 17.4. The van der Waals surface area contributed by atoms with Crippen LogP contribution >= 0.6 is 15.9 Å². The largest absolute Gasteiger partial charge is 0.496 e. The molecule has 7 heteroatoms. The van der Waals surface area contributed by atoms with Crippen LogP contribution in [-0.4, -0.2) is 38.6 Å². The molecule has 0 saturated carbocycles. The highest BCUT2D eigenvalue weighted by molar-refractivity contribution is 9.09. The standard InChI is InChI=1S/C19H25BrO6/c1-6-24-19(23-5)26-17-13(8-7-11(2)9-20)16(22-4)12(3)14-10-25-18(21)15(14)17/h7,19H,6,8-10H2,1-5H3/b11-7+. The minimum atomic E-state index is -0.926. The van der Waals surface area contributed by atoms with Gasteiger partial charge in [-0.2, -0.15) is 0 Å². The molecule has 144 valence electrons. The third-order valence-electron chi connectivity index (χ3n) is 4.20. The monoisotopic (exact) mass is 428 g/mol. The summed E-state index contributed by atoms with van der Waals surface area (Å²) in [5.41, 5.74) is 4.01. The number of ether oxygens (including phenoxy) is 5. The number of benzene rings is 1. The summed E-state index contributed by atoms with van der Waals surface area (Å²) in [5, 5.41) is 0.761. The molecule has 0 fully saturated rings. The van der Waals surface area contributed by atoms with Gasteiger partial charge in [-0.3, -0.25) is 0 Å². The number of carbonyl (C=O) groups excluding carboxylic acids is 1. The lowest BCUT2D eigenvalue weighted by Crippen LogP contribution is -2.24. The molecule has 0 radical (unpaired) electrons. The first-order chi connectivity index (χ1) is 12.5. The maximum atomic E-state index is 12.4. The molecule has 0 spiro atoms. The van der Waals surface area contributed by atoms with Crippen molar-refractivity contribution in [1.29, 1.82) is 0 Å². The summed E-state index contributed by atoms with van der Waals surface area (Å²) in [6.45, 7) is 5.47. The Morgan fingerprint density at radius 2 is 2.08 bits per heavy atom. The number of halogens is 1. The number of fused-ring (bicyclic) bond motifs is 1. The second kappa shape index (κ2) is 9.39. The first-order valence-corrected chi connectivity index (χ1v) is 9.52. The van der Waals surface area contributed by atoms with Crippen LogP contribution in [0.25, 0.3) is 0 Å². The van der Waals surface area contributed by atoms with Crippen molar-refractivity contribution in [3.05, 3.63) is 33.9 Å². The lowest BCUT2D eigenvalue weighted by atomic mass is 9.95. The summed E-state index contributed by atoms with van der Waals surface area (Å²) in [4.78, 5) is 12.4. The van der Waals surface area contributed by atoms with E-state index < -0.39 is 12.4 Å². The van der Waals surface area contributed by atoms with Crippen molar-refractivity contribution < 1.29 is 28.5 Å². The van der Waals surface area contributed by atoms with Crippen LogP contribution in [-0.2, 0) is 27.2 Å². The van der Waals surface area contributed by atoms with Gasteiger partial charge in [-0.15, -0.1) is 0 Å². The number of alkyl halides is 1. The van der Waals surface area contributed by atoms with Gasteiger partial charge in [0.05, 0.1) is 13.7 Å². The van der Waals surface area contributed by atoms with E-state index in [4.69, 9.17) is 23.7 Å². The molecular weight excluding hydrogens is 404 g/mol. The van der Waals surface area contributed by atoms with Gasteiger partial charge in [-0.25, -0.2) is 4.79 Å². The Morgan fingerprint density at radius 1 is 1.35 bits per heavy atom. The Balaban J connectivity index is 2.63. The molecule has 1 unspecified atom stereocenters. The average molecular weight is 429 g/mol. The fraction of sp³-hybridized carbons (Fsp3) is 0.526. The average Bonchev–Trinajstić information content (AvgIpc) is 3.03. The highest BCUT2D eigenvalue weighted by Gasteiger charge is 2.34. The van der Waals surface area contributed by atoms with Crippen LogP contribution in [0.4, 0.5) is 0 Å². The highest BCUT2D eigenvalue weighted by Crippen LogP contribution is 2.43. The van der Waals surface area contributed by atoms with Crippen LogP contribution in [0, 0.1) is 6.92 Å². The molecule has 0 bridgehead atoms. The van der Waals surface area contributed by atoms with E-state index in [0.717, 1.165) is 27.6 Å². The van der Waals surface area contributed by atoms with Crippen LogP contribution < -0.4 is 9.47 Å². The molecule has 0 aliphatic carbocycles. The van der Waals surface area contributed by atoms with E-state index in [0.29, 0.717) is 30.1 Å². The van der Waals surface area contributed by atoms with Crippen molar-refractivity contribution >= 4 is 21.9 Å². The fourth-order valence-electron chi connectivity index (χ4n) is 2.85. The van der Waals surface area contributed by atoms with Crippen LogP contribution in [0.3, 0.4) is 0 Å². The van der Waals surface area contributed by atoms with E-state index in [9.17, 15) is 4.79 Å². The quantitative estimate of drug-likeness (QED) is 0.257. The van der Waals surface area contributed by atoms with Crippen LogP contribution in [0.2, 0.25) is 0 Å². The third kappa shape index (κ3) is 4.22. The highest BCUT2D eigenvalue weighted by atomic mass is 79.9. The number of carbonyl (C=O) groups is 1. The normalized spacial score (nSPS) is 14.8. The fourth-order valence-corrected chi connectivity index (χ4v) is 3.08. The minimum Gasteiger partial charge on any atom is -0.496 e.